The van der Waals surface area contributed by atoms with E-state index in [0.29, 0.717) is 5.76 Å². The zero-order valence-corrected chi connectivity index (χ0v) is 10.1. The third-order valence-corrected chi connectivity index (χ3v) is 3.73. The lowest BCUT2D eigenvalue weighted by Gasteiger charge is -1.94. The van der Waals surface area contributed by atoms with Crippen molar-refractivity contribution in [2.24, 2.45) is 0 Å². The first kappa shape index (κ1) is 10.3. The summed E-state index contributed by atoms with van der Waals surface area (Å²) in [5.41, 5.74) is 1.76. The zero-order chi connectivity index (χ0) is 11.8. The molecular weight excluding hydrogens is 232 g/mol. The van der Waals surface area contributed by atoms with Gasteiger partial charge in [-0.3, -0.25) is 4.79 Å². The van der Waals surface area contributed by atoms with Gasteiger partial charge in [0.1, 0.15) is 5.58 Å². The average molecular weight is 242 g/mol. The second-order valence-corrected chi connectivity index (χ2v) is 4.83. The first-order valence-corrected chi connectivity index (χ1v) is 6.21. The molecule has 0 aliphatic heterocycles. The zero-order valence-electron chi connectivity index (χ0n) is 9.27. The van der Waals surface area contributed by atoms with E-state index in [2.05, 4.69) is 0 Å². The molecule has 84 valence electrons. The summed E-state index contributed by atoms with van der Waals surface area (Å²) in [5, 5.41) is 2.88. The van der Waals surface area contributed by atoms with Gasteiger partial charge in [-0.1, -0.05) is 18.2 Å². The molecule has 3 heteroatoms. The lowest BCUT2D eigenvalue weighted by atomic mass is 10.2. The SMILES string of the molecule is Cc1ccsc1C(=O)c1cc2ccccc2o1. The number of aryl methyl sites for hydroxylation is 1. The Bertz CT molecular complexity index is 658. The molecule has 0 aliphatic carbocycles. The number of fused-ring (bicyclic) bond motifs is 1. The molecule has 0 unspecified atom stereocenters. The molecule has 0 amide bonds. The Morgan fingerprint density at radius 1 is 1.24 bits per heavy atom. The van der Waals surface area contributed by atoms with Crippen LogP contribution in [0, 0.1) is 6.92 Å². The molecule has 0 bridgehead atoms. The van der Waals surface area contributed by atoms with Crippen LogP contribution in [0.5, 0.6) is 0 Å². The number of benzene rings is 1. The van der Waals surface area contributed by atoms with Crippen molar-refractivity contribution in [1.29, 1.82) is 0 Å². The minimum absolute atomic E-state index is 0.0336. The third kappa shape index (κ3) is 1.68. The summed E-state index contributed by atoms with van der Waals surface area (Å²) in [4.78, 5) is 13.0. The molecule has 0 N–H and O–H groups in total. The minimum atomic E-state index is -0.0336. The van der Waals surface area contributed by atoms with Gasteiger partial charge in [0, 0.05) is 5.39 Å². The van der Waals surface area contributed by atoms with Crippen LogP contribution in [0.4, 0.5) is 0 Å². The maximum atomic E-state index is 12.2. The van der Waals surface area contributed by atoms with E-state index in [9.17, 15) is 4.79 Å². The van der Waals surface area contributed by atoms with Gasteiger partial charge in [0.2, 0.25) is 5.78 Å². The first-order valence-electron chi connectivity index (χ1n) is 5.33. The summed E-state index contributed by atoms with van der Waals surface area (Å²) in [6.45, 7) is 1.94. The van der Waals surface area contributed by atoms with Crippen molar-refractivity contribution in [3.05, 3.63) is 58.0 Å². The van der Waals surface area contributed by atoms with Crippen LogP contribution in [-0.4, -0.2) is 5.78 Å². The highest BCUT2D eigenvalue weighted by atomic mass is 32.1. The van der Waals surface area contributed by atoms with Gasteiger partial charge >= 0.3 is 0 Å². The fraction of sp³-hybridized carbons (Fsp3) is 0.0714. The summed E-state index contributed by atoms with van der Waals surface area (Å²) in [7, 11) is 0. The number of hydrogen-bond donors (Lipinski definition) is 0. The molecule has 3 aromatic rings. The molecule has 1 aromatic carbocycles. The van der Waals surface area contributed by atoms with Gasteiger partial charge in [0.05, 0.1) is 4.88 Å². The van der Waals surface area contributed by atoms with Crippen LogP contribution in [-0.2, 0) is 0 Å². The molecular formula is C14H10O2S. The van der Waals surface area contributed by atoms with Gasteiger partial charge < -0.3 is 4.42 Å². The fourth-order valence-electron chi connectivity index (χ4n) is 1.81. The molecule has 3 rings (SSSR count). The molecule has 0 spiro atoms. The maximum Gasteiger partial charge on any atom is 0.238 e. The van der Waals surface area contributed by atoms with Crippen molar-refractivity contribution in [3.8, 4) is 0 Å². The van der Waals surface area contributed by atoms with Crippen LogP contribution in [0.1, 0.15) is 21.0 Å². The van der Waals surface area contributed by atoms with Crippen LogP contribution in [0.15, 0.2) is 46.2 Å². The van der Waals surface area contributed by atoms with Crippen LogP contribution in [0.3, 0.4) is 0 Å². The lowest BCUT2D eigenvalue weighted by molar-refractivity contribution is 0.101. The largest absolute Gasteiger partial charge is 0.453 e. The van der Waals surface area contributed by atoms with E-state index < -0.39 is 0 Å². The van der Waals surface area contributed by atoms with Gasteiger partial charge in [-0.25, -0.2) is 0 Å². The normalized spacial score (nSPS) is 10.9. The van der Waals surface area contributed by atoms with Crippen LogP contribution in [0.2, 0.25) is 0 Å². The van der Waals surface area contributed by atoms with Gasteiger partial charge in [0.15, 0.2) is 5.76 Å². The number of hydrogen-bond acceptors (Lipinski definition) is 3. The second kappa shape index (κ2) is 3.86. The molecule has 0 aliphatic rings. The molecule has 2 nitrogen and oxygen atoms in total. The molecule has 2 heterocycles. The van der Waals surface area contributed by atoms with E-state index in [-0.39, 0.29) is 5.78 Å². The summed E-state index contributed by atoms with van der Waals surface area (Å²) in [6.07, 6.45) is 0. The van der Waals surface area contributed by atoms with Crippen molar-refractivity contribution in [3.63, 3.8) is 0 Å². The lowest BCUT2D eigenvalue weighted by Crippen LogP contribution is -1.97. The predicted octanol–water partition coefficient (Wildman–Crippen LogP) is 4.03. The Kier molecular flexibility index (Phi) is 2.34. The number of ketones is 1. The molecule has 0 fully saturated rings. The van der Waals surface area contributed by atoms with Gasteiger partial charge in [0.25, 0.3) is 0 Å². The van der Waals surface area contributed by atoms with E-state index in [0.717, 1.165) is 21.4 Å². The number of para-hydroxylation sites is 1. The molecule has 0 radical (unpaired) electrons. The number of rotatable bonds is 2. The Morgan fingerprint density at radius 2 is 2.06 bits per heavy atom. The summed E-state index contributed by atoms with van der Waals surface area (Å²) < 4.78 is 5.57. The third-order valence-electron chi connectivity index (χ3n) is 2.72. The summed E-state index contributed by atoms with van der Waals surface area (Å²) >= 11 is 1.45. The highest BCUT2D eigenvalue weighted by Gasteiger charge is 2.17. The number of thiophene rings is 1. The molecule has 17 heavy (non-hydrogen) atoms. The van der Waals surface area contributed by atoms with Crippen molar-refractivity contribution < 1.29 is 9.21 Å². The van der Waals surface area contributed by atoms with Crippen LogP contribution < -0.4 is 0 Å². The Hall–Kier alpha value is -1.87. The standard InChI is InChI=1S/C14H10O2S/c1-9-6-7-17-14(9)13(15)12-8-10-4-2-3-5-11(10)16-12/h2-8H,1H3. The van der Waals surface area contributed by atoms with E-state index in [4.69, 9.17) is 4.42 Å². The molecule has 2 aromatic heterocycles. The summed E-state index contributed by atoms with van der Waals surface area (Å²) in [5.74, 6) is 0.380. The quantitative estimate of drug-likeness (QED) is 0.635. The highest BCUT2D eigenvalue weighted by molar-refractivity contribution is 7.12. The van der Waals surface area contributed by atoms with E-state index in [1.54, 1.807) is 6.07 Å². The van der Waals surface area contributed by atoms with E-state index in [1.165, 1.54) is 11.3 Å². The molecule has 0 atom stereocenters. The fourth-order valence-corrected chi connectivity index (χ4v) is 2.68. The maximum absolute atomic E-state index is 12.2. The smallest absolute Gasteiger partial charge is 0.238 e. The topological polar surface area (TPSA) is 30.2 Å². The minimum Gasteiger partial charge on any atom is -0.453 e. The number of carbonyl (C=O) groups is 1. The second-order valence-electron chi connectivity index (χ2n) is 3.91. The Balaban J connectivity index is 2.10. The Morgan fingerprint density at radius 3 is 2.76 bits per heavy atom. The average Bonchev–Trinajstić information content (AvgIpc) is 2.93. The van der Waals surface area contributed by atoms with Crippen molar-refractivity contribution in [1.82, 2.24) is 0 Å². The van der Waals surface area contributed by atoms with Gasteiger partial charge in [-0.2, -0.15) is 0 Å². The monoisotopic (exact) mass is 242 g/mol. The number of furan rings is 1. The first-order chi connectivity index (χ1) is 8.25. The predicted molar refractivity (Wildman–Crippen MR) is 68.7 cm³/mol. The van der Waals surface area contributed by atoms with Gasteiger partial charge in [-0.05, 0) is 36.1 Å². The summed E-state index contributed by atoms with van der Waals surface area (Å²) in [6, 6.07) is 11.4. The van der Waals surface area contributed by atoms with Crippen LogP contribution in [0.25, 0.3) is 11.0 Å². The number of carbonyl (C=O) groups excluding carboxylic acids is 1. The molecule has 0 saturated carbocycles. The van der Waals surface area contributed by atoms with Crippen LogP contribution >= 0.6 is 11.3 Å². The Labute approximate surface area is 102 Å². The van der Waals surface area contributed by atoms with Crippen molar-refractivity contribution in [2.75, 3.05) is 0 Å². The van der Waals surface area contributed by atoms with Crippen molar-refractivity contribution >= 4 is 28.1 Å². The van der Waals surface area contributed by atoms with Gasteiger partial charge in [-0.15, -0.1) is 11.3 Å². The molecule has 0 saturated heterocycles. The highest BCUT2D eigenvalue weighted by Crippen LogP contribution is 2.24. The van der Waals surface area contributed by atoms with Crippen molar-refractivity contribution in [2.45, 2.75) is 6.92 Å². The van der Waals surface area contributed by atoms with E-state index in [1.807, 2.05) is 42.6 Å². The van der Waals surface area contributed by atoms with E-state index >= 15 is 0 Å².